The molecule has 4 rings (SSSR count). The van der Waals surface area contributed by atoms with Gasteiger partial charge in [0.25, 0.3) is 0 Å². The summed E-state index contributed by atoms with van der Waals surface area (Å²) in [6.45, 7) is 2.74. The molecule has 0 spiro atoms. The Morgan fingerprint density at radius 1 is 1.30 bits per heavy atom. The Balaban J connectivity index is 1.40. The van der Waals surface area contributed by atoms with E-state index in [0.717, 1.165) is 60.0 Å². The molecule has 1 aliphatic heterocycles. The Morgan fingerprint density at radius 3 is 2.90 bits per heavy atom. The molecule has 5 nitrogen and oxygen atoms in total. The molecule has 1 N–H and O–H groups in total. The average Bonchev–Trinajstić information content (AvgIpc) is 3.41. The third-order valence-corrected chi connectivity index (χ3v) is 6.03. The monoisotopic (exact) mass is 424 g/mol. The van der Waals surface area contributed by atoms with Crippen molar-refractivity contribution in [2.24, 2.45) is 0 Å². The van der Waals surface area contributed by atoms with Gasteiger partial charge in [0.2, 0.25) is 5.91 Å². The summed E-state index contributed by atoms with van der Waals surface area (Å²) in [7, 11) is 0. The molecule has 3 aromatic rings. The Bertz CT molecular complexity index is 991. The van der Waals surface area contributed by atoms with Crippen molar-refractivity contribution in [1.82, 2.24) is 14.9 Å². The standard InChI is InChI=1S/C23H25FN4OS/c1-16-14-19(27-23-25-11-13-30-23)15-20(26-16)21-5-3-12-28(21)22(29)6-2-4-17-7-9-18(24)10-8-17/h7-11,13-15,21H,2-6,12H2,1H3,(H,25,26,27)/t21-/m1/s1. The van der Waals surface area contributed by atoms with E-state index in [0.29, 0.717) is 6.42 Å². The quantitative estimate of drug-likeness (QED) is 0.551. The van der Waals surface area contributed by atoms with Crippen molar-refractivity contribution in [1.29, 1.82) is 0 Å². The number of halogens is 1. The molecule has 0 radical (unpaired) electrons. The fraction of sp³-hybridized carbons (Fsp3) is 0.348. The second-order valence-corrected chi connectivity index (χ2v) is 8.50. The van der Waals surface area contributed by atoms with Crippen molar-refractivity contribution in [2.45, 2.75) is 45.1 Å². The zero-order valence-electron chi connectivity index (χ0n) is 17.0. The summed E-state index contributed by atoms with van der Waals surface area (Å²) in [5, 5.41) is 6.10. The molecular weight excluding hydrogens is 399 g/mol. The molecule has 1 atom stereocenters. The molecule has 1 aromatic carbocycles. The predicted molar refractivity (Wildman–Crippen MR) is 117 cm³/mol. The topological polar surface area (TPSA) is 58.1 Å². The first-order chi connectivity index (χ1) is 14.6. The summed E-state index contributed by atoms with van der Waals surface area (Å²) in [5.74, 6) is -0.0681. The second-order valence-electron chi connectivity index (χ2n) is 7.61. The second kappa shape index (κ2) is 9.34. The van der Waals surface area contributed by atoms with E-state index in [1.165, 1.54) is 12.1 Å². The largest absolute Gasteiger partial charge is 0.334 e. The van der Waals surface area contributed by atoms with Crippen LogP contribution in [-0.2, 0) is 11.2 Å². The molecule has 3 heterocycles. The maximum atomic E-state index is 13.0. The Labute approximate surface area is 180 Å². The Kier molecular flexibility index (Phi) is 6.38. The van der Waals surface area contributed by atoms with Gasteiger partial charge in [0, 0.05) is 35.9 Å². The van der Waals surface area contributed by atoms with Crippen molar-refractivity contribution in [3.8, 4) is 0 Å². The molecule has 1 aliphatic rings. The first-order valence-electron chi connectivity index (χ1n) is 10.3. The SMILES string of the molecule is Cc1cc(Nc2nccs2)cc([C@H]2CCCN2C(=O)CCCc2ccc(F)cc2)n1. The number of carbonyl (C=O) groups is 1. The minimum atomic E-state index is -0.232. The van der Waals surface area contributed by atoms with E-state index in [1.54, 1.807) is 29.7 Å². The van der Waals surface area contributed by atoms with Crippen LogP contribution in [0.1, 0.15) is 48.7 Å². The summed E-state index contributed by atoms with van der Waals surface area (Å²) < 4.78 is 13.0. The zero-order valence-corrected chi connectivity index (χ0v) is 17.8. The minimum Gasteiger partial charge on any atom is -0.334 e. The van der Waals surface area contributed by atoms with Crippen molar-refractivity contribution in [3.63, 3.8) is 0 Å². The number of hydrogen-bond donors (Lipinski definition) is 1. The van der Waals surface area contributed by atoms with Gasteiger partial charge in [0.1, 0.15) is 5.82 Å². The highest BCUT2D eigenvalue weighted by Crippen LogP contribution is 2.33. The molecule has 1 saturated heterocycles. The van der Waals surface area contributed by atoms with Gasteiger partial charge in [-0.25, -0.2) is 9.37 Å². The van der Waals surface area contributed by atoms with Crippen LogP contribution in [0.25, 0.3) is 0 Å². The van der Waals surface area contributed by atoms with Gasteiger partial charge in [0.05, 0.1) is 11.7 Å². The lowest BCUT2D eigenvalue weighted by Gasteiger charge is -2.25. The van der Waals surface area contributed by atoms with Crippen LogP contribution in [0, 0.1) is 12.7 Å². The lowest BCUT2D eigenvalue weighted by Crippen LogP contribution is -2.31. The molecule has 156 valence electrons. The fourth-order valence-electron chi connectivity index (χ4n) is 3.96. The zero-order chi connectivity index (χ0) is 20.9. The van der Waals surface area contributed by atoms with E-state index in [9.17, 15) is 9.18 Å². The lowest BCUT2D eigenvalue weighted by molar-refractivity contribution is -0.132. The predicted octanol–water partition coefficient (Wildman–Crippen LogP) is 5.42. The molecule has 2 aromatic heterocycles. The van der Waals surface area contributed by atoms with Crippen LogP contribution >= 0.6 is 11.3 Å². The molecule has 7 heteroatoms. The lowest BCUT2D eigenvalue weighted by atomic mass is 10.1. The fourth-order valence-corrected chi connectivity index (χ4v) is 4.51. The first-order valence-corrected chi connectivity index (χ1v) is 11.2. The number of amides is 1. The van der Waals surface area contributed by atoms with E-state index in [1.807, 2.05) is 29.3 Å². The number of pyridine rings is 1. The normalized spacial score (nSPS) is 16.1. The maximum absolute atomic E-state index is 13.0. The van der Waals surface area contributed by atoms with Crippen LogP contribution < -0.4 is 5.32 Å². The van der Waals surface area contributed by atoms with Gasteiger partial charge >= 0.3 is 0 Å². The molecule has 0 bridgehead atoms. The van der Waals surface area contributed by atoms with E-state index < -0.39 is 0 Å². The number of nitrogens with zero attached hydrogens (tertiary/aromatic N) is 3. The van der Waals surface area contributed by atoms with Crippen LogP contribution in [-0.4, -0.2) is 27.3 Å². The Hall–Kier alpha value is -2.80. The van der Waals surface area contributed by atoms with Gasteiger partial charge in [-0.1, -0.05) is 12.1 Å². The van der Waals surface area contributed by atoms with Crippen LogP contribution in [0.15, 0.2) is 48.0 Å². The van der Waals surface area contributed by atoms with Crippen molar-refractivity contribution < 1.29 is 9.18 Å². The number of carbonyl (C=O) groups excluding carboxylic acids is 1. The number of thiazole rings is 1. The van der Waals surface area contributed by atoms with Gasteiger partial charge in [-0.2, -0.15) is 0 Å². The minimum absolute atomic E-state index is 0.0140. The number of benzene rings is 1. The number of nitrogens with one attached hydrogen (secondary N) is 1. The molecule has 30 heavy (non-hydrogen) atoms. The third-order valence-electron chi connectivity index (χ3n) is 5.34. The molecular formula is C23H25FN4OS. The molecule has 0 unspecified atom stereocenters. The summed E-state index contributed by atoms with van der Waals surface area (Å²) in [6.07, 6.45) is 5.70. The number of hydrogen-bond acceptors (Lipinski definition) is 5. The third kappa shape index (κ3) is 5.02. The van der Waals surface area contributed by atoms with Gasteiger partial charge in [-0.15, -0.1) is 11.3 Å². The van der Waals surface area contributed by atoms with Gasteiger partial charge in [-0.05, 0) is 62.4 Å². The van der Waals surface area contributed by atoms with Crippen molar-refractivity contribution in [2.75, 3.05) is 11.9 Å². The van der Waals surface area contributed by atoms with E-state index in [-0.39, 0.29) is 17.8 Å². The smallest absolute Gasteiger partial charge is 0.223 e. The van der Waals surface area contributed by atoms with Crippen LogP contribution in [0.2, 0.25) is 0 Å². The van der Waals surface area contributed by atoms with E-state index in [4.69, 9.17) is 4.98 Å². The van der Waals surface area contributed by atoms with Crippen molar-refractivity contribution >= 4 is 28.1 Å². The molecule has 1 amide bonds. The molecule has 1 fully saturated rings. The van der Waals surface area contributed by atoms with Gasteiger partial charge < -0.3 is 10.2 Å². The summed E-state index contributed by atoms with van der Waals surface area (Å²) >= 11 is 1.55. The van der Waals surface area contributed by atoms with Gasteiger partial charge in [-0.3, -0.25) is 9.78 Å². The highest BCUT2D eigenvalue weighted by atomic mass is 32.1. The number of aryl methyl sites for hydroxylation is 2. The average molecular weight is 425 g/mol. The van der Waals surface area contributed by atoms with E-state index >= 15 is 0 Å². The number of likely N-dealkylation sites (tertiary alicyclic amines) is 1. The summed E-state index contributed by atoms with van der Waals surface area (Å²) in [6, 6.07) is 10.5. The highest BCUT2D eigenvalue weighted by molar-refractivity contribution is 7.13. The number of rotatable bonds is 7. The van der Waals surface area contributed by atoms with Crippen LogP contribution in [0.3, 0.4) is 0 Å². The summed E-state index contributed by atoms with van der Waals surface area (Å²) in [5.41, 5.74) is 3.85. The van der Waals surface area contributed by atoms with Gasteiger partial charge in [0.15, 0.2) is 5.13 Å². The van der Waals surface area contributed by atoms with Crippen LogP contribution in [0.4, 0.5) is 15.2 Å². The van der Waals surface area contributed by atoms with E-state index in [2.05, 4.69) is 10.3 Å². The van der Waals surface area contributed by atoms with Crippen molar-refractivity contribution in [3.05, 3.63) is 70.7 Å². The highest BCUT2D eigenvalue weighted by Gasteiger charge is 2.30. The Morgan fingerprint density at radius 2 is 2.13 bits per heavy atom. The molecule has 0 saturated carbocycles. The number of aromatic nitrogens is 2. The first kappa shape index (κ1) is 20.5. The number of anilines is 2. The maximum Gasteiger partial charge on any atom is 0.223 e. The summed E-state index contributed by atoms with van der Waals surface area (Å²) in [4.78, 5) is 23.9. The molecule has 0 aliphatic carbocycles. The van der Waals surface area contributed by atoms with Crippen LogP contribution in [0.5, 0.6) is 0 Å².